The Morgan fingerprint density at radius 3 is 2.69 bits per heavy atom. The van der Waals surface area contributed by atoms with E-state index in [1.165, 1.54) is 19.3 Å². The first-order valence-electron chi connectivity index (χ1n) is 5.75. The zero-order chi connectivity index (χ0) is 11.4. The summed E-state index contributed by atoms with van der Waals surface area (Å²) in [4.78, 5) is 4.05. The van der Waals surface area contributed by atoms with Crippen LogP contribution in [0.2, 0.25) is 0 Å². The van der Waals surface area contributed by atoms with Crippen LogP contribution in [0.5, 0.6) is 5.88 Å². The van der Waals surface area contributed by atoms with E-state index in [0.29, 0.717) is 11.3 Å². The van der Waals surface area contributed by atoms with Gasteiger partial charge in [-0.25, -0.2) is 4.98 Å². The Hall–Kier alpha value is -1.07. The molecule has 16 heavy (non-hydrogen) atoms. The Labute approximate surface area is 95.4 Å². The second-order valence-corrected chi connectivity index (χ2v) is 4.15. The standard InChI is InChI=1S/C11H16BNO3/c14-12(15)10-7-4-8-13-11(10)16-9-5-2-1-3-6-9/h4,7-9,14-15H,1-3,5-6H2. The summed E-state index contributed by atoms with van der Waals surface area (Å²) in [5.41, 5.74) is 0.341. The molecule has 0 saturated heterocycles. The molecule has 86 valence electrons. The van der Waals surface area contributed by atoms with Gasteiger partial charge in [-0.3, -0.25) is 0 Å². The number of hydrogen-bond donors (Lipinski definition) is 2. The van der Waals surface area contributed by atoms with E-state index < -0.39 is 7.12 Å². The van der Waals surface area contributed by atoms with Gasteiger partial charge in [-0.15, -0.1) is 0 Å². The molecule has 0 unspecified atom stereocenters. The Balaban J connectivity index is 2.07. The highest BCUT2D eigenvalue weighted by Crippen LogP contribution is 2.21. The van der Waals surface area contributed by atoms with Crippen molar-refractivity contribution < 1.29 is 14.8 Å². The number of nitrogens with zero attached hydrogens (tertiary/aromatic N) is 1. The van der Waals surface area contributed by atoms with Gasteiger partial charge in [0, 0.05) is 11.7 Å². The molecule has 1 heterocycles. The number of rotatable bonds is 3. The third kappa shape index (κ3) is 2.74. The summed E-state index contributed by atoms with van der Waals surface area (Å²) >= 11 is 0. The summed E-state index contributed by atoms with van der Waals surface area (Å²) in [7, 11) is -1.52. The largest absolute Gasteiger partial charge is 0.494 e. The molecule has 1 fully saturated rings. The van der Waals surface area contributed by atoms with Crippen LogP contribution >= 0.6 is 0 Å². The highest BCUT2D eigenvalue weighted by atomic mass is 16.5. The van der Waals surface area contributed by atoms with Crippen LogP contribution < -0.4 is 10.2 Å². The Morgan fingerprint density at radius 2 is 2.00 bits per heavy atom. The molecule has 1 aromatic rings. The zero-order valence-corrected chi connectivity index (χ0v) is 9.17. The fraction of sp³-hybridized carbons (Fsp3) is 0.545. The van der Waals surface area contributed by atoms with E-state index >= 15 is 0 Å². The van der Waals surface area contributed by atoms with Crippen LogP contribution in [0.4, 0.5) is 0 Å². The SMILES string of the molecule is OB(O)c1cccnc1OC1CCCCC1. The van der Waals surface area contributed by atoms with Crippen molar-refractivity contribution in [3.8, 4) is 5.88 Å². The molecule has 0 aliphatic heterocycles. The second kappa shape index (κ2) is 5.32. The van der Waals surface area contributed by atoms with E-state index in [-0.39, 0.29) is 6.10 Å². The smallest absolute Gasteiger partial charge is 0.475 e. The highest BCUT2D eigenvalue weighted by Gasteiger charge is 2.21. The van der Waals surface area contributed by atoms with Crippen molar-refractivity contribution in [2.75, 3.05) is 0 Å². The Bertz CT molecular complexity index is 340. The lowest BCUT2D eigenvalue weighted by molar-refractivity contribution is 0.149. The normalized spacial score (nSPS) is 17.1. The summed E-state index contributed by atoms with van der Waals surface area (Å²) in [5, 5.41) is 18.3. The van der Waals surface area contributed by atoms with Gasteiger partial charge < -0.3 is 14.8 Å². The molecule has 0 aromatic carbocycles. The van der Waals surface area contributed by atoms with Gasteiger partial charge in [0.15, 0.2) is 0 Å². The van der Waals surface area contributed by atoms with Crippen LogP contribution in [0.25, 0.3) is 0 Å². The molecule has 1 saturated carbocycles. The van der Waals surface area contributed by atoms with Crippen molar-refractivity contribution in [3.63, 3.8) is 0 Å². The first-order chi connectivity index (χ1) is 7.77. The van der Waals surface area contributed by atoms with Crippen LogP contribution in [-0.2, 0) is 0 Å². The molecule has 1 aliphatic carbocycles. The topological polar surface area (TPSA) is 62.6 Å². The summed E-state index contributed by atoms with van der Waals surface area (Å²) in [6.45, 7) is 0. The molecule has 1 aliphatic rings. The van der Waals surface area contributed by atoms with Crippen LogP contribution in [-0.4, -0.2) is 28.3 Å². The minimum atomic E-state index is -1.52. The van der Waals surface area contributed by atoms with Gasteiger partial charge in [-0.05, 0) is 31.7 Å². The van der Waals surface area contributed by atoms with Crippen LogP contribution in [0.15, 0.2) is 18.3 Å². The molecular weight excluding hydrogens is 205 g/mol. The van der Waals surface area contributed by atoms with Gasteiger partial charge >= 0.3 is 7.12 Å². The van der Waals surface area contributed by atoms with Crippen LogP contribution in [0, 0.1) is 0 Å². The van der Waals surface area contributed by atoms with E-state index in [0.717, 1.165) is 12.8 Å². The number of pyridine rings is 1. The lowest BCUT2D eigenvalue weighted by Crippen LogP contribution is -2.34. The van der Waals surface area contributed by atoms with Crippen molar-refractivity contribution in [1.82, 2.24) is 4.98 Å². The summed E-state index contributed by atoms with van der Waals surface area (Å²) in [5.74, 6) is 0.351. The average molecular weight is 221 g/mol. The first-order valence-corrected chi connectivity index (χ1v) is 5.75. The molecule has 0 radical (unpaired) electrons. The average Bonchev–Trinajstić information content (AvgIpc) is 2.31. The van der Waals surface area contributed by atoms with Crippen molar-refractivity contribution in [2.24, 2.45) is 0 Å². The maximum Gasteiger partial charge on any atom is 0.494 e. The fourth-order valence-corrected chi connectivity index (χ4v) is 2.04. The van der Waals surface area contributed by atoms with Gasteiger partial charge in [0.1, 0.15) is 6.10 Å². The monoisotopic (exact) mass is 221 g/mol. The van der Waals surface area contributed by atoms with Crippen LogP contribution in [0.3, 0.4) is 0 Å². The van der Waals surface area contributed by atoms with Gasteiger partial charge in [-0.1, -0.05) is 12.5 Å². The maximum atomic E-state index is 9.17. The number of hydrogen-bond acceptors (Lipinski definition) is 4. The molecule has 2 rings (SSSR count). The summed E-state index contributed by atoms with van der Waals surface area (Å²) in [6, 6.07) is 3.29. The van der Waals surface area contributed by atoms with Gasteiger partial charge in [0.25, 0.3) is 0 Å². The van der Waals surface area contributed by atoms with E-state index in [9.17, 15) is 0 Å². The lowest BCUT2D eigenvalue weighted by Gasteiger charge is -2.23. The minimum Gasteiger partial charge on any atom is -0.475 e. The predicted octanol–water partition coefficient (Wildman–Crippen LogP) is 0.473. The van der Waals surface area contributed by atoms with Crippen LogP contribution in [0.1, 0.15) is 32.1 Å². The maximum absolute atomic E-state index is 9.17. The second-order valence-electron chi connectivity index (χ2n) is 4.15. The number of aromatic nitrogens is 1. The molecule has 4 nitrogen and oxygen atoms in total. The molecule has 0 atom stereocenters. The van der Waals surface area contributed by atoms with Crippen molar-refractivity contribution in [2.45, 2.75) is 38.2 Å². The Morgan fingerprint density at radius 1 is 1.25 bits per heavy atom. The van der Waals surface area contributed by atoms with Crippen molar-refractivity contribution in [1.29, 1.82) is 0 Å². The third-order valence-electron chi connectivity index (χ3n) is 2.91. The van der Waals surface area contributed by atoms with E-state index in [1.54, 1.807) is 18.3 Å². The van der Waals surface area contributed by atoms with E-state index in [2.05, 4.69) is 4.98 Å². The first kappa shape index (κ1) is 11.4. The van der Waals surface area contributed by atoms with Gasteiger partial charge in [-0.2, -0.15) is 0 Å². The molecule has 2 N–H and O–H groups in total. The molecule has 1 aromatic heterocycles. The molecular formula is C11H16BNO3. The van der Waals surface area contributed by atoms with E-state index in [1.807, 2.05) is 0 Å². The quantitative estimate of drug-likeness (QED) is 0.728. The molecule has 0 bridgehead atoms. The third-order valence-corrected chi connectivity index (χ3v) is 2.91. The number of ether oxygens (including phenoxy) is 1. The summed E-state index contributed by atoms with van der Waals surface area (Å²) < 4.78 is 5.72. The van der Waals surface area contributed by atoms with Gasteiger partial charge in [0.05, 0.1) is 0 Å². The molecule has 0 spiro atoms. The van der Waals surface area contributed by atoms with Crippen molar-refractivity contribution in [3.05, 3.63) is 18.3 Å². The Kier molecular flexibility index (Phi) is 3.80. The fourth-order valence-electron chi connectivity index (χ4n) is 2.04. The summed E-state index contributed by atoms with van der Waals surface area (Å²) in [6.07, 6.45) is 7.43. The van der Waals surface area contributed by atoms with Crippen molar-refractivity contribution >= 4 is 12.6 Å². The van der Waals surface area contributed by atoms with E-state index in [4.69, 9.17) is 14.8 Å². The lowest BCUT2D eigenvalue weighted by atomic mass is 9.81. The van der Waals surface area contributed by atoms with Gasteiger partial charge in [0.2, 0.25) is 5.88 Å². The molecule has 0 amide bonds. The minimum absolute atomic E-state index is 0.168. The molecule has 5 heteroatoms. The zero-order valence-electron chi connectivity index (χ0n) is 9.17. The highest BCUT2D eigenvalue weighted by molar-refractivity contribution is 6.59. The predicted molar refractivity (Wildman–Crippen MR) is 61.6 cm³/mol.